The van der Waals surface area contributed by atoms with Crippen LogP contribution in [0, 0.1) is 0 Å². The number of esters is 1. The molecule has 1 aliphatic rings. The molecule has 1 aromatic heterocycles. The van der Waals surface area contributed by atoms with Gasteiger partial charge in [-0.2, -0.15) is 0 Å². The van der Waals surface area contributed by atoms with E-state index in [2.05, 4.69) is 9.72 Å². The standard InChI is InChI=1S/C11H10ClF2NO2/c1-17-10(16)7-4-6-5-11(13,14)3-2-8(6)15-9(7)12/h4H,2-3,5H2,1H3. The van der Waals surface area contributed by atoms with Gasteiger partial charge in [0.25, 0.3) is 5.92 Å². The predicted octanol–water partition coefficient (Wildman–Crippen LogP) is 2.65. The lowest BCUT2D eigenvalue weighted by Gasteiger charge is -2.24. The lowest BCUT2D eigenvalue weighted by atomic mass is 9.92. The first-order chi connectivity index (χ1) is 7.93. The largest absolute Gasteiger partial charge is 0.465 e. The molecule has 0 amide bonds. The maximum Gasteiger partial charge on any atom is 0.341 e. The second-order valence-electron chi connectivity index (χ2n) is 3.96. The monoisotopic (exact) mass is 261 g/mol. The van der Waals surface area contributed by atoms with E-state index < -0.39 is 18.3 Å². The fourth-order valence-corrected chi connectivity index (χ4v) is 2.09. The lowest BCUT2D eigenvalue weighted by molar-refractivity contribution is -0.0128. The fourth-order valence-electron chi connectivity index (χ4n) is 1.86. The predicted molar refractivity (Wildman–Crippen MR) is 57.6 cm³/mol. The van der Waals surface area contributed by atoms with Crippen molar-refractivity contribution in [1.29, 1.82) is 0 Å². The molecular formula is C11H10ClF2NO2. The molecule has 92 valence electrons. The maximum absolute atomic E-state index is 13.2. The lowest BCUT2D eigenvalue weighted by Crippen LogP contribution is -2.27. The highest BCUT2D eigenvalue weighted by Crippen LogP contribution is 2.33. The summed E-state index contributed by atoms with van der Waals surface area (Å²) in [5.41, 5.74) is 0.935. The molecule has 0 unspecified atom stereocenters. The Bertz CT molecular complexity index is 477. The Balaban J connectivity index is 2.44. The van der Waals surface area contributed by atoms with Crippen LogP contribution in [0.4, 0.5) is 8.78 Å². The van der Waals surface area contributed by atoms with E-state index in [0.29, 0.717) is 11.3 Å². The van der Waals surface area contributed by atoms with Crippen molar-refractivity contribution in [1.82, 2.24) is 4.98 Å². The van der Waals surface area contributed by atoms with Crippen LogP contribution in [0.25, 0.3) is 0 Å². The van der Waals surface area contributed by atoms with Gasteiger partial charge in [-0.05, 0) is 18.1 Å². The number of carbonyl (C=O) groups is 1. The Kier molecular flexibility index (Phi) is 3.03. The number of halogens is 3. The number of rotatable bonds is 1. The molecule has 1 aliphatic carbocycles. The van der Waals surface area contributed by atoms with Crippen LogP contribution < -0.4 is 0 Å². The molecule has 6 heteroatoms. The molecule has 0 bridgehead atoms. The molecule has 0 radical (unpaired) electrons. The summed E-state index contributed by atoms with van der Waals surface area (Å²) in [5, 5.41) is 0.000756. The van der Waals surface area contributed by atoms with Gasteiger partial charge in [-0.15, -0.1) is 0 Å². The summed E-state index contributed by atoms with van der Waals surface area (Å²) in [6.07, 6.45) is -0.471. The van der Waals surface area contributed by atoms with Crippen LogP contribution in [0.5, 0.6) is 0 Å². The summed E-state index contributed by atoms with van der Waals surface area (Å²) in [6.45, 7) is 0. The molecule has 1 aromatic rings. The SMILES string of the molecule is COC(=O)c1cc2c(nc1Cl)CCC(F)(F)C2. The highest BCUT2D eigenvalue weighted by molar-refractivity contribution is 6.32. The van der Waals surface area contributed by atoms with Gasteiger partial charge in [0.2, 0.25) is 0 Å². The van der Waals surface area contributed by atoms with E-state index in [0.717, 1.165) is 0 Å². The Hall–Kier alpha value is -1.23. The Morgan fingerprint density at radius 2 is 2.29 bits per heavy atom. The maximum atomic E-state index is 13.2. The van der Waals surface area contributed by atoms with E-state index in [1.165, 1.54) is 13.2 Å². The van der Waals surface area contributed by atoms with Crippen LogP contribution >= 0.6 is 11.6 Å². The third-order valence-electron chi connectivity index (χ3n) is 2.73. The van der Waals surface area contributed by atoms with Crippen LogP contribution in [0.3, 0.4) is 0 Å². The van der Waals surface area contributed by atoms with Crippen LogP contribution in [0.2, 0.25) is 5.15 Å². The number of hydrogen-bond donors (Lipinski definition) is 0. The number of aromatic nitrogens is 1. The highest BCUT2D eigenvalue weighted by atomic mass is 35.5. The summed E-state index contributed by atoms with van der Waals surface area (Å²) in [7, 11) is 1.20. The average Bonchev–Trinajstić information content (AvgIpc) is 2.27. The summed E-state index contributed by atoms with van der Waals surface area (Å²) in [5.74, 6) is -3.41. The van der Waals surface area contributed by atoms with Gasteiger partial charge in [0.05, 0.1) is 12.7 Å². The number of nitrogens with zero attached hydrogens (tertiary/aromatic N) is 1. The van der Waals surface area contributed by atoms with Gasteiger partial charge in [-0.1, -0.05) is 11.6 Å². The van der Waals surface area contributed by atoms with Gasteiger partial charge in [-0.25, -0.2) is 18.6 Å². The molecule has 0 saturated carbocycles. The van der Waals surface area contributed by atoms with Crippen LogP contribution in [0.1, 0.15) is 28.0 Å². The molecule has 0 aliphatic heterocycles. The Morgan fingerprint density at radius 3 is 2.94 bits per heavy atom. The second kappa shape index (κ2) is 4.22. The molecule has 0 fully saturated rings. The van der Waals surface area contributed by atoms with Gasteiger partial charge in [0.15, 0.2) is 0 Å². The zero-order valence-corrected chi connectivity index (χ0v) is 9.85. The number of carbonyl (C=O) groups excluding carboxylic acids is 1. The van der Waals surface area contributed by atoms with Crippen molar-refractivity contribution in [3.05, 3.63) is 28.0 Å². The number of aryl methyl sites for hydroxylation is 1. The number of fused-ring (bicyclic) bond motifs is 1. The molecule has 1 heterocycles. The first-order valence-corrected chi connectivity index (χ1v) is 5.45. The van der Waals surface area contributed by atoms with Crippen molar-refractivity contribution in [3.63, 3.8) is 0 Å². The number of methoxy groups -OCH3 is 1. The van der Waals surface area contributed by atoms with Crippen molar-refractivity contribution in [3.8, 4) is 0 Å². The summed E-state index contributed by atoms with van der Waals surface area (Å²) >= 11 is 5.81. The van der Waals surface area contributed by atoms with Crippen molar-refractivity contribution >= 4 is 17.6 Å². The van der Waals surface area contributed by atoms with Crippen LogP contribution in [0.15, 0.2) is 6.07 Å². The number of pyridine rings is 1. The third-order valence-corrected chi connectivity index (χ3v) is 3.01. The van der Waals surface area contributed by atoms with E-state index in [4.69, 9.17) is 11.6 Å². The second-order valence-corrected chi connectivity index (χ2v) is 4.31. The minimum Gasteiger partial charge on any atom is -0.465 e. The summed E-state index contributed by atoms with van der Waals surface area (Å²) in [6, 6.07) is 1.35. The highest BCUT2D eigenvalue weighted by Gasteiger charge is 2.35. The number of hydrogen-bond acceptors (Lipinski definition) is 3. The van der Waals surface area contributed by atoms with Crippen LogP contribution in [-0.2, 0) is 17.6 Å². The zero-order valence-electron chi connectivity index (χ0n) is 9.10. The van der Waals surface area contributed by atoms with Gasteiger partial charge in [0.1, 0.15) is 5.15 Å². The number of ether oxygens (including phenoxy) is 1. The minimum absolute atomic E-state index is 0.000756. The molecule has 0 aromatic carbocycles. The number of alkyl halides is 2. The van der Waals surface area contributed by atoms with E-state index in [9.17, 15) is 13.6 Å². The van der Waals surface area contributed by atoms with Crippen molar-refractivity contribution < 1.29 is 18.3 Å². The molecular weight excluding hydrogens is 252 g/mol. The normalized spacial score (nSPS) is 17.4. The quantitative estimate of drug-likeness (QED) is 0.576. The molecule has 0 saturated heterocycles. The van der Waals surface area contributed by atoms with Crippen molar-refractivity contribution in [2.75, 3.05) is 7.11 Å². The van der Waals surface area contributed by atoms with Gasteiger partial charge >= 0.3 is 5.97 Å². The summed E-state index contributed by atoms with van der Waals surface area (Å²) < 4.78 is 31.0. The van der Waals surface area contributed by atoms with E-state index in [-0.39, 0.29) is 23.6 Å². The Labute approximate surface area is 102 Å². The molecule has 0 atom stereocenters. The first kappa shape index (κ1) is 12.2. The fraction of sp³-hybridized carbons (Fsp3) is 0.455. The summed E-state index contributed by atoms with van der Waals surface area (Å²) in [4.78, 5) is 15.3. The average molecular weight is 262 g/mol. The van der Waals surface area contributed by atoms with Crippen molar-refractivity contribution in [2.45, 2.75) is 25.2 Å². The molecule has 0 N–H and O–H groups in total. The molecule has 2 rings (SSSR count). The van der Waals surface area contributed by atoms with Gasteiger partial charge in [0, 0.05) is 18.5 Å². The van der Waals surface area contributed by atoms with E-state index in [1.54, 1.807) is 0 Å². The third kappa shape index (κ3) is 2.39. The van der Waals surface area contributed by atoms with Crippen molar-refractivity contribution in [2.24, 2.45) is 0 Å². The smallest absolute Gasteiger partial charge is 0.341 e. The molecule has 0 spiro atoms. The zero-order chi connectivity index (χ0) is 12.6. The van der Waals surface area contributed by atoms with E-state index in [1.807, 2.05) is 0 Å². The van der Waals surface area contributed by atoms with Gasteiger partial charge < -0.3 is 4.74 Å². The van der Waals surface area contributed by atoms with Gasteiger partial charge in [-0.3, -0.25) is 0 Å². The topological polar surface area (TPSA) is 39.2 Å². The molecule has 17 heavy (non-hydrogen) atoms. The Morgan fingerprint density at radius 1 is 1.59 bits per heavy atom. The minimum atomic E-state index is -2.74. The van der Waals surface area contributed by atoms with E-state index >= 15 is 0 Å². The molecule has 3 nitrogen and oxygen atoms in total. The van der Waals surface area contributed by atoms with Crippen LogP contribution in [-0.4, -0.2) is 24.0 Å². The first-order valence-electron chi connectivity index (χ1n) is 5.07.